The van der Waals surface area contributed by atoms with E-state index in [1.54, 1.807) is 0 Å². The minimum absolute atomic E-state index is 0.0760. The Bertz CT molecular complexity index is 1050. The van der Waals surface area contributed by atoms with Gasteiger partial charge in [-0.25, -0.2) is 8.42 Å². The zero-order valence-corrected chi connectivity index (χ0v) is 20.1. The molecule has 0 N–H and O–H groups in total. The molecule has 9 heteroatoms. The Labute approximate surface area is 195 Å². The Hall–Kier alpha value is -2.26. The van der Waals surface area contributed by atoms with Crippen molar-refractivity contribution in [3.63, 3.8) is 0 Å². The molecule has 4 atom stereocenters. The van der Waals surface area contributed by atoms with Gasteiger partial charge in [-0.05, 0) is 68.9 Å². The van der Waals surface area contributed by atoms with E-state index in [1.165, 1.54) is 41.1 Å². The number of benzene rings is 1. The quantitative estimate of drug-likeness (QED) is 0.275. The topological polar surface area (TPSA) is 107 Å². The normalized spacial score (nSPS) is 30.7. The van der Waals surface area contributed by atoms with E-state index >= 15 is 0 Å². The molecule has 33 heavy (non-hydrogen) atoms. The molecule has 0 aromatic heterocycles. The van der Waals surface area contributed by atoms with Gasteiger partial charge in [-0.1, -0.05) is 18.6 Å². The number of allylic oxidation sites excluding steroid dienone is 1. The van der Waals surface area contributed by atoms with Gasteiger partial charge in [0.05, 0.1) is 9.82 Å². The van der Waals surface area contributed by atoms with Gasteiger partial charge in [-0.3, -0.25) is 14.9 Å². The minimum Gasteiger partial charge on any atom is -0.462 e. The predicted molar refractivity (Wildman–Crippen MR) is 123 cm³/mol. The Balaban J connectivity index is 1.58. The lowest BCUT2D eigenvalue weighted by Gasteiger charge is -2.49. The van der Waals surface area contributed by atoms with E-state index in [0.29, 0.717) is 37.8 Å². The third-order valence-electron chi connectivity index (χ3n) is 7.70. The summed E-state index contributed by atoms with van der Waals surface area (Å²) < 4.78 is 34.0. The van der Waals surface area contributed by atoms with Crippen LogP contribution < -0.4 is 0 Å². The molecule has 0 amide bonds. The molecule has 2 fully saturated rings. The van der Waals surface area contributed by atoms with Crippen LogP contribution in [0.15, 0.2) is 40.8 Å². The molecule has 1 aromatic carbocycles. The molecule has 8 nitrogen and oxygen atoms in total. The maximum absolute atomic E-state index is 13.3. The minimum atomic E-state index is -3.75. The van der Waals surface area contributed by atoms with Crippen LogP contribution in [-0.2, 0) is 19.6 Å². The molecule has 0 radical (unpaired) electrons. The summed E-state index contributed by atoms with van der Waals surface area (Å²) in [5, 5.41) is 10.9. The molecular formula is C24H32N2O6S. The van der Waals surface area contributed by atoms with Gasteiger partial charge < -0.3 is 4.74 Å². The maximum atomic E-state index is 13.3. The highest BCUT2D eigenvalue weighted by molar-refractivity contribution is 7.89. The van der Waals surface area contributed by atoms with Gasteiger partial charge in [0.15, 0.2) is 0 Å². The number of nitro benzene ring substituents is 1. The van der Waals surface area contributed by atoms with E-state index in [0.717, 1.165) is 32.1 Å². The molecule has 4 rings (SSSR count). The van der Waals surface area contributed by atoms with Crippen LogP contribution in [0.25, 0.3) is 0 Å². The van der Waals surface area contributed by atoms with Crippen molar-refractivity contribution in [2.75, 3.05) is 13.1 Å². The largest absolute Gasteiger partial charge is 0.462 e. The third-order valence-corrected chi connectivity index (χ3v) is 9.61. The lowest BCUT2D eigenvalue weighted by Crippen LogP contribution is -2.48. The summed E-state index contributed by atoms with van der Waals surface area (Å²) in [5.41, 5.74) is 1.01. The summed E-state index contributed by atoms with van der Waals surface area (Å²) in [6.07, 6.45) is 8.05. The average Bonchev–Trinajstić information content (AvgIpc) is 3.13. The lowest BCUT2D eigenvalue weighted by atomic mass is 9.58. The molecule has 1 saturated heterocycles. The first-order valence-corrected chi connectivity index (χ1v) is 13.2. The van der Waals surface area contributed by atoms with E-state index in [-0.39, 0.29) is 28.1 Å². The van der Waals surface area contributed by atoms with Crippen LogP contribution in [-0.4, -0.2) is 42.8 Å². The summed E-state index contributed by atoms with van der Waals surface area (Å²) in [5.74, 6) is 0.665. The van der Waals surface area contributed by atoms with E-state index < -0.39 is 14.9 Å². The van der Waals surface area contributed by atoms with Crippen molar-refractivity contribution in [2.45, 2.75) is 69.8 Å². The highest BCUT2D eigenvalue weighted by atomic mass is 32.2. The number of non-ortho nitro benzene ring substituents is 1. The van der Waals surface area contributed by atoms with Crippen LogP contribution >= 0.6 is 0 Å². The molecule has 180 valence electrons. The number of carbonyl (C=O) groups is 1. The fraction of sp³-hybridized carbons (Fsp3) is 0.625. The third kappa shape index (κ3) is 4.45. The summed E-state index contributed by atoms with van der Waals surface area (Å²) in [6, 6.07) is 5.08. The number of nitrogens with zero attached hydrogens (tertiary/aromatic N) is 2. The zero-order valence-electron chi connectivity index (χ0n) is 19.2. The van der Waals surface area contributed by atoms with Crippen molar-refractivity contribution in [3.8, 4) is 0 Å². The molecule has 2 aliphatic carbocycles. The number of nitro groups is 1. The van der Waals surface area contributed by atoms with Crippen molar-refractivity contribution >= 4 is 21.7 Å². The number of hydrogen-bond donors (Lipinski definition) is 0. The zero-order chi connectivity index (χ0) is 23.8. The van der Waals surface area contributed by atoms with Crippen LogP contribution in [0.5, 0.6) is 0 Å². The van der Waals surface area contributed by atoms with Crippen LogP contribution in [0.1, 0.15) is 58.8 Å². The first kappa shape index (κ1) is 23.9. The highest BCUT2D eigenvalue weighted by Gasteiger charge is 2.54. The molecule has 1 aromatic rings. The number of rotatable bonds is 4. The number of hydrogen-bond acceptors (Lipinski definition) is 6. The van der Waals surface area contributed by atoms with Crippen LogP contribution in [0.4, 0.5) is 5.69 Å². The first-order chi connectivity index (χ1) is 15.6. The van der Waals surface area contributed by atoms with Gasteiger partial charge in [0.25, 0.3) is 5.69 Å². The highest BCUT2D eigenvalue weighted by Crippen LogP contribution is 2.59. The second kappa shape index (κ2) is 9.18. The van der Waals surface area contributed by atoms with Crippen molar-refractivity contribution < 1.29 is 22.9 Å². The lowest BCUT2D eigenvalue weighted by molar-refractivity contribution is -0.384. The molecule has 1 heterocycles. The van der Waals surface area contributed by atoms with Crippen molar-refractivity contribution in [3.05, 3.63) is 46.0 Å². The number of ether oxygens (including phenoxy) is 1. The van der Waals surface area contributed by atoms with Crippen LogP contribution in [0.2, 0.25) is 0 Å². The second-order valence-electron chi connectivity index (χ2n) is 9.74. The Morgan fingerprint density at radius 2 is 1.88 bits per heavy atom. The predicted octanol–water partition coefficient (Wildman–Crippen LogP) is 4.45. The summed E-state index contributed by atoms with van der Waals surface area (Å²) in [6.45, 7) is 4.46. The standard InChI is InChI=1S/C24H32N2O6S/c1-17-15-20-7-6-19-5-3-13-25(14-4-12-24(19,20)23(16-17)32-18(2)27)33(30,31)22-10-8-21(9-11-22)26(28)29/h6,8-11,17,20,23H,3-5,7,12-16H2,1-2H3/t17-,20-,23+,24-/m1/s1. The van der Waals surface area contributed by atoms with Gasteiger partial charge in [0.2, 0.25) is 10.0 Å². The summed E-state index contributed by atoms with van der Waals surface area (Å²) >= 11 is 0. The molecule has 0 unspecified atom stereocenters. The van der Waals surface area contributed by atoms with Crippen LogP contribution in [0, 0.1) is 27.4 Å². The van der Waals surface area contributed by atoms with E-state index in [9.17, 15) is 23.3 Å². The number of carbonyl (C=O) groups excluding carboxylic acids is 1. The van der Waals surface area contributed by atoms with Crippen molar-refractivity contribution in [1.29, 1.82) is 0 Å². The monoisotopic (exact) mass is 476 g/mol. The summed E-state index contributed by atoms with van der Waals surface area (Å²) in [7, 11) is -3.75. The first-order valence-electron chi connectivity index (χ1n) is 11.8. The Morgan fingerprint density at radius 3 is 2.55 bits per heavy atom. The van der Waals surface area contributed by atoms with Crippen molar-refractivity contribution in [2.24, 2.45) is 17.3 Å². The maximum Gasteiger partial charge on any atom is 0.302 e. The van der Waals surface area contributed by atoms with Gasteiger partial charge in [0.1, 0.15) is 6.10 Å². The summed E-state index contributed by atoms with van der Waals surface area (Å²) in [4.78, 5) is 22.4. The molecule has 1 aliphatic heterocycles. The Morgan fingerprint density at radius 1 is 1.18 bits per heavy atom. The van der Waals surface area contributed by atoms with Crippen molar-refractivity contribution in [1.82, 2.24) is 4.31 Å². The smallest absolute Gasteiger partial charge is 0.302 e. The van der Waals surface area contributed by atoms with Gasteiger partial charge in [0, 0.05) is 37.6 Å². The molecule has 0 bridgehead atoms. The molecule has 1 spiro atoms. The number of sulfonamides is 1. The second-order valence-corrected chi connectivity index (χ2v) is 11.7. The van der Waals surface area contributed by atoms with E-state index in [2.05, 4.69) is 13.0 Å². The van der Waals surface area contributed by atoms with E-state index in [4.69, 9.17) is 4.74 Å². The van der Waals surface area contributed by atoms with Crippen LogP contribution in [0.3, 0.4) is 0 Å². The molecule has 3 aliphatic rings. The fourth-order valence-corrected chi connectivity index (χ4v) is 7.85. The molecule has 1 saturated carbocycles. The SMILES string of the molecule is CC(=O)O[C@H]1C[C@H](C)C[C@H]2CC=C3CCCN(S(=O)(=O)c4ccc([N+](=O)[O-])cc4)CCC[C@@]321. The average molecular weight is 477 g/mol. The Kier molecular flexibility index (Phi) is 6.64. The number of esters is 1. The molecular weight excluding hydrogens is 444 g/mol. The van der Waals surface area contributed by atoms with Gasteiger partial charge in [-0.2, -0.15) is 4.31 Å². The van der Waals surface area contributed by atoms with E-state index in [1.807, 2.05) is 0 Å². The van der Waals surface area contributed by atoms with Gasteiger partial charge >= 0.3 is 5.97 Å². The fourth-order valence-electron chi connectivity index (χ4n) is 6.33. The van der Waals surface area contributed by atoms with Gasteiger partial charge in [-0.15, -0.1) is 0 Å².